The Morgan fingerprint density at radius 2 is 2.11 bits per heavy atom. The number of hydrogen-bond donors (Lipinski definition) is 1. The molecule has 1 aromatic rings. The maximum atomic E-state index is 4.85. The predicted octanol–water partition coefficient (Wildman–Crippen LogP) is 2.51. The number of thioether (sulfide) groups is 1. The molecule has 0 bridgehead atoms. The van der Waals surface area contributed by atoms with Crippen molar-refractivity contribution in [3.8, 4) is 0 Å². The second-order valence-corrected chi connectivity index (χ2v) is 7.26. The van der Waals surface area contributed by atoms with Gasteiger partial charge in [-0.25, -0.2) is 4.98 Å². The standard InChI is InChI=1S/C13H21N3S2/c1-2-11-12(9-14-10-3-4-10)18-13(15-11)16-5-7-17-8-6-16/h10,14H,2-9H2,1H3. The fourth-order valence-corrected chi connectivity index (χ4v) is 4.25. The third-order valence-corrected chi connectivity index (χ3v) is 5.61. The van der Waals surface area contributed by atoms with E-state index in [0.717, 1.165) is 32.1 Å². The zero-order chi connectivity index (χ0) is 12.4. The van der Waals surface area contributed by atoms with E-state index in [1.807, 2.05) is 11.3 Å². The van der Waals surface area contributed by atoms with E-state index in [-0.39, 0.29) is 0 Å². The Bertz CT molecular complexity index is 395. The summed E-state index contributed by atoms with van der Waals surface area (Å²) < 4.78 is 0. The van der Waals surface area contributed by atoms with Crippen LogP contribution in [0, 0.1) is 0 Å². The molecule has 1 saturated carbocycles. The smallest absolute Gasteiger partial charge is 0.185 e. The maximum absolute atomic E-state index is 4.85. The number of anilines is 1. The summed E-state index contributed by atoms with van der Waals surface area (Å²) in [5.41, 5.74) is 1.31. The van der Waals surface area contributed by atoms with Crippen LogP contribution in [0.25, 0.3) is 0 Å². The molecule has 3 nitrogen and oxygen atoms in total. The Balaban J connectivity index is 1.69. The minimum atomic E-state index is 0.784. The highest BCUT2D eigenvalue weighted by molar-refractivity contribution is 7.99. The van der Waals surface area contributed by atoms with Crippen molar-refractivity contribution in [2.45, 2.75) is 38.8 Å². The zero-order valence-corrected chi connectivity index (χ0v) is 12.6. The van der Waals surface area contributed by atoms with Crippen molar-refractivity contribution in [1.29, 1.82) is 0 Å². The Morgan fingerprint density at radius 3 is 2.78 bits per heavy atom. The Hall–Kier alpha value is -0.260. The molecule has 1 aliphatic carbocycles. The van der Waals surface area contributed by atoms with E-state index in [1.165, 1.54) is 40.0 Å². The number of nitrogens with one attached hydrogen (secondary N) is 1. The van der Waals surface area contributed by atoms with Crippen LogP contribution in [0.2, 0.25) is 0 Å². The molecule has 0 atom stereocenters. The summed E-state index contributed by atoms with van der Waals surface area (Å²) in [7, 11) is 0. The van der Waals surface area contributed by atoms with Gasteiger partial charge < -0.3 is 10.2 Å². The summed E-state index contributed by atoms with van der Waals surface area (Å²) in [4.78, 5) is 8.76. The first-order valence-electron chi connectivity index (χ1n) is 6.91. The Labute approximate surface area is 117 Å². The van der Waals surface area contributed by atoms with Gasteiger partial charge in [-0.15, -0.1) is 11.3 Å². The van der Waals surface area contributed by atoms with E-state index in [0.29, 0.717) is 0 Å². The fraction of sp³-hybridized carbons (Fsp3) is 0.769. The molecule has 0 unspecified atom stereocenters. The van der Waals surface area contributed by atoms with Gasteiger partial charge >= 0.3 is 0 Å². The molecule has 1 aromatic heterocycles. The fourth-order valence-electron chi connectivity index (χ4n) is 2.20. The monoisotopic (exact) mass is 283 g/mol. The van der Waals surface area contributed by atoms with Gasteiger partial charge in [-0.1, -0.05) is 6.92 Å². The van der Waals surface area contributed by atoms with Gasteiger partial charge in [0.2, 0.25) is 0 Å². The molecule has 0 radical (unpaired) electrons. The van der Waals surface area contributed by atoms with Gasteiger partial charge in [-0.05, 0) is 19.3 Å². The van der Waals surface area contributed by atoms with Gasteiger partial charge in [0, 0.05) is 42.1 Å². The van der Waals surface area contributed by atoms with Crippen molar-refractivity contribution in [2.24, 2.45) is 0 Å². The molecular weight excluding hydrogens is 262 g/mol. The molecule has 0 amide bonds. The van der Waals surface area contributed by atoms with Gasteiger partial charge in [-0.2, -0.15) is 11.8 Å². The van der Waals surface area contributed by atoms with Crippen molar-refractivity contribution in [3.63, 3.8) is 0 Å². The molecule has 2 fully saturated rings. The summed E-state index contributed by atoms with van der Waals surface area (Å²) in [5, 5.41) is 4.86. The van der Waals surface area contributed by atoms with E-state index in [2.05, 4.69) is 28.9 Å². The van der Waals surface area contributed by atoms with Gasteiger partial charge in [-0.3, -0.25) is 0 Å². The first-order valence-corrected chi connectivity index (χ1v) is 8.88. The van der Waals surface area contributed by atoms with Gasteiger partial charge in [0.15, 0.2) is 5.13 Å². The maximum Gasteiger partial charge on any atom is 0.185 e. The predicted molar refractivity (Wildman–Crippen MR) is 80.9 cm³/mol. The van der Waals surface area contributed by atoms with Crippen LogP contribution in [0.5, 0.6) is 0 Å². The van der Waals surface area contributed by atoms with Crippen LogP contribution in [0.1, 0.15) is 30.3 Å². The number of aryl methyl sites for hydroxylation is 1. The van der Waals surface area contributed by atoms with Crippen molar-refractivity contribution in [1.82, 2.24) is 10.3 Å². The van der Waals surface area contributed by atoms with E-state index in [4.69, 9.17) is 4.98 Å². The van der Waals surface area contributed by atoms with E-state index >= 15 is 0 Å². The minimum Gasteiger partial charge on any atom is -0.346 e. The molecule has 0 aromatic carbocycles. The number of nitrogens with zero attached hydrogens (tertiary/aromatic N) is 2. The third kappa shape index (κ3) is 3.00. The number of aromatic nitrogens is 1. The lowest BCUT2D eigenvalue weighted by molar-refractivity contribution is 0.689. The second-order valence-electron chi connectivity index (χ2n) is 4.97. The molecule has 18 heavy (non-hydrogen) atoms. The van der Waals surface area contributed by atoms with E-state index in [9.17, 15) is 0 Å². The third-order valence-electron chi connectivity index (χ3n) is 3.51. The van der Waals surface area contributed by atoms with Gasteiger partial charge in [0.05, 0.1) is 5.69 Å². The number of thiazole rings is 1. The highest BCUT2D eigenvalue weighted by atomic mass is 32.2. The van der Waals surface area contributed by atoms with Gasteiger partial charge in [0.25, 0.3) is 0 Å². The van der Waals surface area contributed by atoms with Gasteiger partial charge in [0.1, 0.15) is 0 Å². The molecule has 1 aliphatic heterocycles. The SMILES string of the molecule is CCc1nc(N2CCSCC2)sc1CNC1CC1. The van der Waals surface area contributed by atoms with Crippen LogP contribution < -0.4 is 10.2 Å². The summed E-state index contributed by atoms with van der Waals surface area (Å²) in [6, 6.07) is 0.784. The molecule has 3 rings (SSSR count). The molecular formula is C13H21N3S2. The van der Waals surface area contributed by atoms with Crippen molar-refractivity contribution in [3.05, 3.63) is 10.6 Å². The van der Waals surface area contributed by atoms with Crippen LogP contribution in [-0.4, -0.2) is 35.6 Å². The zero-order valence-electron chi connectivity index (χ0n) is 10.9. The molecule has 2 aliphatic rings. The van der Waals surface area contributed by atoms with Crippen molar-refractivity contribution in [2.75, 3.05) is 29.5 Å². The topological polar surface area (TPSA) is 28.2 Å². The number of hydrogen-bond acceptors (Lipinski definition) is 5. The first kappa shape index (κ1) is 12.8. The first-order chi connectivity index (χ1) is 8.86. The average molecular weight is 283 g/mol. The lowest BCUT2D eigenvalue weighted by atomic mass is 10.3. The van der Waals surface area contributed by atoms with E-state index < -0.39 is 0 Å². The molecule has 1 N–H and O–H groups in total. The lowest BCUT2D eigenvalue weighted by Crippen LogP contribution is -2.32. The molecule has 5 heteroatoms. The lowest BCUT2D eigenvalue weighted by Gasteiger charge is -2.25. The van der Waals surface area contributed by atoms with Crippen LogP contribution in [-0.2, 0) is 13.0 Å². The molecule has 2 heterocycles. The summed E-state index contributed by atoms with van der Waals surface area (Å²) >= 11 is 3.96. The van der Waals surface area contributed by atoms with Crippen molar-refractivity contribution < 1.29 is 0 Å². The molecule has 0 spiro atoms. The number of rotatable bonds is 5. The van der Waals surface area contributed by atoms with Crippen LogP contribution in [0.3, 0.4) is 0 Å². The van der Waals surface area contributed by atoms with Crippen molar-refractivity contribution >= 4 is 28.2 Å². The van der Waals surface area contributed by atoms with E-state index in [1.54, 1.807) is 0 Å². The van der Waals surface area contributed by atoms with Crippen LogP contribution in [0.15, 0.2) is 0 Å². The normalized spacial score (nSPS) is 20.4. The Kier molecular flexibility index (Phi) is 4.11. The highest BCUT2D eigenvalue weighted by Gasteiger charge is 2.22. The highest BCUT2D eigenvalue weighted by Crippen LogP contribution is 2.29. The van der Waals surface area contributed by atoms with Crippen LogP contribution in [0.4, 0.5) is 5.13 Å². The average Bonchev–Trinajstić information content (AvgIpc) is 3.16. The summed E-state index contributed by atoms with van der Waals surface area (Å²) in [5.74, 6) is 2.49. The van der Waals surface area contributed by atoms with Crippen LogP contribution >= 0.6 is 23.1 Å². The summed E-state index contributed by atoms with van der Waals surface area (Å²) in [6.45, 7) is 5.56. The Morgan fingerprint density at radius 1 is 1.33 bits per heavy atom. The summed E-state index contributed by atoms with van der Waals surface area (Å²) in [6.07, 6.45) is 3.77. The second kappa shape index (κ2) is 5.80. The molecule has 1 saturated heterocycles. The largest absolute Gasteiger partial charge is 0.346 e. The quantitative estimate of drug-likeness (QED) is 0.899. The minimum absolute atomic E-state index is 0.784. The molecule has 100 valence electrons.